The minimum Gasteiger partial charge on any atom is -0.494 e. The number of nitrogens with zero attached hydrogens (tertiary/aromatic N) is 3. The van der Waals surface area contributed by atoms with Gasteiger partial charge < -0.3 is 38.5 Å². The Labute approximate surface area is 254 Å². The van der Waals surface area contributed by atoms with Gasteiger partial charge in [-0.25, -0.2) is 13.8 Å². The summed E-state index contributed by atoms with van der Waals surface area (Å²) in [5, 5.41) is 0. The molecule has 238 valence electrons. The molecule has 0 spiro atoms. The number of rotatable bonds is 14. The van der Waals surface area contributed by atoms with Gasteiger partial charge in [-0.05, 0) is 42.5 Å². The number of hydrogen-bond donors (Lipinski definition) is 2. The van der Waals surface area contributed by atoms with E-state index in [2.05, 4.69) is 21.5 Å². The smallest absolute Gasteiger partial charge is 0.356 e. The van der Waals surface area contributed by atoms with Gasteiger partial charge in [-0.3, -0.25) is 18.9 Å². The Morgan fingerprint density at radius 3 is 2.47 bits per heavy atom. The second-order valence-corrected chi connectivity index (χ2v) is 11.4. The highest BCUT2D eigenvalue weighted by molar-refractivity contribution is 7.53. The van der Waals surface area contributed by atoms with E-state index in [1.807, 2.05) is 0 Å². The van der Waals surface area contributed by atoms with E-state index in [0.29, 0.717) is 5.56 Å². The van der Waals surface area contributed by atoms with Crippen molar-refractivity contribution >= 4 is 30.5 Å². The van der Waals surface area contributed by atoms with Crippen molar-refractivity contribution in [1.82, 2.24) is 19.5 Å². The van der Waals surface area contributed by atoms with Gasteiger partial charge in [0.25, 0.3) is 11.5 Å². The van der Waals surface area contributed by atoms with E-state index in [9.17, 15) is 18.1 Å². The highest BCUT2D eigenvalue weighted by atomic mass is 31.2. The van der Waals surface area contributed by atoms with E-state index in [1.54, 1.807) is 0 Å². The number of H-pyrrole nitrogens is 1. The molecule has 5 rings (SSSR count). The fraction of sp³-hybridized carbons (Fsp3) is 0.250. The normalized spacial score (nSPS) is 14.4. The topological polar surface area (TPSA) is 171 Å². The molecule has 2 aromatic heterocycles. The highest BCUT2D eigenvalue weighted by Crippen LogP contribution is 2.50. The van der Waals surface area contributed by atoms with Crippen LogP contribution < -0.4 is 20.8 Å². The van der Waals surface area contributed by atoms with Gasteiger partial charge in [0.2, 0.25) is 5.95 Å². The summed E-state index contributed by atoms with van der Waals surface area (Å²) >= 11 is 0. The quantitative estimate of drug-likeness (QED) is 0.147. The van der Waals surface area contributed by atoms with Gasteiger partial charge in [-0.15, -0.1) is 0 Å². The molecular formula is C28H28F2N5O9P. The standard InChI is InChI=1S/C28H28F2N5O9P/c1-16-43-23(25(44-16)18-5-7-22(39-3)20(30)11-18)13-42-45(37,41-12-17-4-6-21(38-2)19(29)10-17)15-40-9-8-35-14-32-24-26(35)33-28(31)34-27(24)36/h4-7,10-11,14H,1,8-9,12-13,15H2,2-3H3,(H3,31,33,34,36). The molecule has 1 aliphatic heterocycles. The maximum Gasteiger partial charge on any atom is 0.356 e. The third kappa shape index (κ3) is 7.32. The number of nitrogens with one attached hydrogen (secondary N) is 1. The molecule has 3 N–H and O–H groups in total. The molecule has 3 heterocycles. The first-order valence-corrected chi connectivity index (χ1v) is 14.9. The number of nitrogens with two attached hydrogens (primary N) is 1. The number of imidazole rings is 1. The average molecular weight is 648 g/mol. The first-order chi connectivity index (χ1) is 21.6. The van der Waals surface area contributed by atoms with Crippen LogP contribution in [0.25, 0.3) is 16.9 Å². The van der Waals surface area contributed by atoms with Crippen molar-refractivity contribution in [3.63, 3.8) is 0 Å². The highest BCUT2D eigenvalue weighted by Gasteiger charge is 2.31. The fourth-order valence-corrected chi connectivity index (χ4v) is 5.45. The van der Waals surface area contributed by atoms with Gasteiger partial charge in [0.15, 0.2) is 45.8 Å². The Balaban J connectivity index is 1.31. The SMILES string of the molecule is C=C1OC(COP(=O)(COCCn2cnc3c(=O)[nH]c(N)nc32)OCc2ccc(OC)c(F)c2)=C(c2ccc(OC)c(F)c2)O1. The number of aromatic amines is 1. The molecule has 0 saturated heterocycles. The zero-order chi connectivity index (χ0) is 32.1. The van der Waals surface area contributed by atoms with E-state index in [-0.39, 0.29) is 71.4 Å². The largest absolute Gasteiger partial charge is 0.494 e. The number of methoxy groups -OCH3 is 2. The van der Waals surface area contributed by atoms with Gasteiger partial charge in [0.1, 0.15) is 13.0 Å². The first kappa shape index (κ1) is 31.7. The Hall–Kier alpha value is -4.76. The summed E-state index contributed by atoms with van der Waals surface area (Å²) in [5.74, 6) is -1.30. The third-order valence-electron chi connectivity index (χ3n) is 6.38. The summed E-state index contributed by atoms with van der Waals surface area (Å²) in [4.78, 5) is 22.5. The Morgan fingerprint density at radius 2 is 1.76 bits per heavy atom. The van der Waals surface area contributed by atoms with Crippen LogP contribution in [0.4, 0.5) is 14.7 Å². The van der Waals surface area contributed by atoms with Crippen LogP contribution in [0.1, 0.15) is 11.1 Å². The zero-order valence-electron chi connectivity index (χ0n) is 24.1. The fourth-order valence-electron chi connectivity index (χ4n) is 4.21. The second-order valence-electron chi connectivity index (χ2n) is 9.40. The molecule has 0 radical (unpaired) electrons. The number of fused-ring (bicyclic) bond motifs is 1. The Kier molecular flexibility index (Phi) is 9.48. The minimum atomic E-state index is -4.09. The van der Waals surface area contributed by atoms with E-state index in [4.69, 9.17) is 38.5 Å². The van der Waals surface area contributed by atoms with E-state index in [1.165, 1.54) is 61.5 Å². The summed E-state index contributed by atoms with van der Waals surface area (Å²) < 4.78 is 82.0. The van der Waals surface area contributed by atoms with Crippen molar-refractivity contribution in [1.29, 1.82) is 0 Å². The van der Waals surface area contributed by atoms with Crippen LogP contribution in [0.2, 0.25) is 0 Å². The second kappa shape index (κ2) is 13.5. The molecule has 14 nitrogen and oxygen atoms in total. The molecule has 0 amide bonds. The van der Waals surface area contributed by atoms with Gasteiger partial charge in [0.05, 0.1) is 33.8 Å². The molecule has 0 aliphatic carbocycles. The summed E-state index contributed by atoms with van der Waals surface area (Å²) in [6, 6.07) is 8.22. The number of anilines is 1. The predicted octanol–water partition coefficient (Wildman–Crippen LogP) is 4.28. The molecule has 17 heteroatoms. The van der Waals surface area contributed by atoms with Crippen LogP contribution in [0.3, 0.4) is 0 Å². The number of aromatic nitrogens is 4. The maximum absolute atomic E-state index is 14.4. The lowest BCUT2D eigenvalue weighted by molar-refractivity contribution is 0.114. The molecule has 1 atom stereocenters. The van der Waals surface area contributed by atoms with Crippen molar-refractivity contribution in [3.8, 4) is 11.5 Å². The molecule has 0 fully saturated rings. The number of halogens is 2. The van der Waals surface area contributed by atoms with Crippen LogP contribution in [-0.2, 0) is 41.0 Å². The van der Waals surface area contributed by atoms with Gasteiger partial charge >= 0.3 is 7.60 Å². The summed E-state index contributed by atoms with van der Waals surface area (Å²) in [7, 11) is -1.42. The average Bonchev–Trinajstić information content (AvgIpc) is 3.60. The molecule has 45 heavy (non-hydrogen) atoms. The molecule has 1 unspecified atom stereocenters. The number of hydrogen-bond acceptors (Lipinski definition) is 12. The number of benzene rings is 2. The van der Waals surface area contributed by atoms with Crippen molar-refractivity contribution in [3.05, 3.63) is 94.1 Å². The van der Waals surface area contributed by atoms with Crippen LogP contribution in [-0.4, -0.2) is 53.3 Å². The summed E-state index contributed by atoms with van der Waals surface area (Å²) in [5.41, 5.74) is 6.11. The lowest BCUT2D eigenvalue weighted by atomic mass is 10.1. The maximum atomic E-state index is 14.4. The summed E-state index contributed by atoms with van der Waals surface area (Å²) in [6.07, 6.45) is 0.858. The zero-order valence-corrected chi connectivity index (χ0v) is 25.0. The molecule has 0 bridgehead atoms. The molecule has 1 aliphatic rings. The first-order valence-electron chi connectivity index (χ1n) is 13.2. The van der Waals surface area contributed by atoms with Crippen molar-refractivity contribution in [2.24, 2.45) is 0 Å². The van der Waals surface area contributed by atoms with Crippen molar-refractivity contribution in [2.75, 3.05) is 39.5 Å². The van der Waals surface area contributed by atoms with Gasteiger partial charge in [-0.2, -0.15) is 4.98 Å². The third-order valence-corrected chi connectivity index (χ3v) is 7.92. The summed E-state index contributed by atoms with van der Waals surface area (Å²) in [6.45, 7) is 3.00. The Morgan fingerprint density at radius 1 is 1.04 bits per heavy atom. The van der Waals surface area contributed by atoms with Crippen LogP contribution >= 0.6 is 7.60 Å². The molecular weight excluding hydrogens is 619 g/mol. The van der Waals surface area contributed by atoms with Crippen LogP contribution in [0.15, 0.2) is 65.8 Å². The van der Waals surface area contributed by atoms with Crippen molar-refractivity contribution < 1.29 is 46.1 Å². The van der Waals surface area contributed by atoms with Crippen LogP contribution in [0.5, 0.6) is 11.5 Å². The molecule has 4 aromatic rings. The van der Waals surface area contributed by atoms with E-state index in [0.717, 1.165) is 0 Å². The van der Waals surface area contributed by atoms with E-state index < -0.39 is 37.7 Å². The van der Waals surface area contributed by atoms with E-state index >= 15 is 0 Å². The molecule has 2 aromatic carbocycles. The van der Waals surface area contributed by atoms with Gasteiger partial charge in [0, 0.05) is 12.1 Å². The minimum absolute atomic E-state index is 0.0228. The van der Waals surface area contributed by atoms with Gasteiger partial charge in [-0.1, -0.05) is 6.07 Å². The molecule has 0 saturated carbocycles. The number of ether oxygens (including phenoxy) is 5. The monoisotopic (exact) mass is 647 g/mol. The predicted molar refractivity (Wildman–Crippen MR) is 156 cm³/mol. The van der Waals surface area contributed by atoms with Crippen molar-refractivity contribution in [2.45, 2.75) is 13.2 Å². The Bertz CT molecular complexity index is 1880. The van der Waals surface area contributed by atoms with Crippen LogP contribution in [0, 0.1) is 11.6 Å². The number of nitrogen functional groups attached to an aromatic ring is 1. The lowest BCUT2D eigenvalue weighted by Crippen LogP contribution is -2.13. The lowest BCUT2D eigenvalue weighted by Gasteiger charge is -2.19.